The zero-order chi connectivity index (χ0) is 25.3. The molecular weight excluding hydrogens is 457 g/mol. The van der Waals surface area contributed by atoms with Gasteiger partial charge in [-0.1, -0.05) is 63.4 Å². The summed E-state index contributed by atoms with van der Waals surface area (Å²) in [5.41, 5.74) is 3.27. The first-order valence-corrected chi connectivity index (χ1v) is 12.0. The molecule has 0 amide bonds. The predicted molar refractivity (Wildman–Crippen MR) is 134 cm³/mol. The van der Waals surface area contributed by atoms with Crippen molar-refractivity contribution in [3.8, 4) is 5.69 Å². The van der Waals surface area contributed by atoms with Gasteiger partial charge >= 0.3 is 5.97 Å². The van der Waals surface area contributed by atoms with Gasteiger partial charge in [-0.2, -0.15) is 0 Å². The molecule has 2 aliphatic rings. The van der Waals surface area contributed by atoms with Crippen LogP contribution in [0.25, 0.3) is 5.69 Å². The molecular formula is C27H35ClFNO4. The number of carboxylic acid groups (broad SMARTS) is 1. The van der Waals surface area contributed by atoms with Crippen LogP contribution in [0.5, 0.6) is 0 Å². The number of hydrogen-bond acceptors (Lipinski definition) is 3. The average molecular weight is 492 g/mol. The highest BCUT2D eigenvalue weighted by Gasteiger charge is 2.36. The maximum Gasteiger partial charge on any atom is 0.303 e. The molecule has 2 aromatic rings. The molecule has 5 nitrogen and oxygen atoms in total. The quantitative estimate of drug-likeness (QED) is 0.488. The first-order valence-electron chi connectivity index (χ1n) is 11.7. The van der Waals surface area contributed by atoms with Crippen LogP contribution >= 0.6 is 11.6 Å². The molecule has 4 rings (SSSR count). The number of ether oxygens (including phenoxy) is 2. The minimum Gasteiger partial charge on any atom is -0.481 e. The summed E-state index contributed by atoms with van der Waals surface area (Å²) in [7, 11) is 1.69. The van der Waals surface area contributed by atoms with E-state index >= 15 is 0 Å². The standard InChI is InChI=1S/C20H19ClFNO2.C4H10.C3H6O2/c1-12-5-3-7-15(19(12)24-2)20-16-9-13(21)10-17(22)18(16)23-8-4-6-14(23)11-25-20;1-3-4-2;1-2-3(4)5/h3-10,15,19-20H,11H2,1-2H3;3-4H2,1-2H3;2H2,1H3,(H,4,5). The van der Waals surface area contributed by atoms with Gasteiger partial charge in [-0.3, -0.25) is 4.79 Å². The maximum atomic E-state index is 14.8. The number of fused-ring (bicyclic) bond motifs is 3. The van der Waals surface area contributed by atoms with Crippen LogP contribution in [-0.2, 0) is 20.9 Å². The Morgan fingerprint density at radius 2 is 1.97 bits per heavy atom. The van der Waals surface area contributed by atoms with Gasteiger partial charge in [0.15, 0.2) is 0 Å². The number of benzene rings is 1. The van der Waals surface area contributed by atoms with E-state index in [4.69, 9.17) is 26.2 Å². The lowest BCUT2D eigenvalue weighted by Crippen LogP contribution is -2.31. The minimum atomic E-state index is -0.745. The van der Waals surface area contributed by atoms with E-state index in [1.54, 1.807) is 20.1 Å². The summed E-state index contributed by atoms with van der Waals surface area (Å²) in [4.78, 5) is 9.37. The summed E-state index contributed by atoms with van der Waals surface area (Å²) in [6.45, 7) is 8.39. The van der Waals surface area contributed by atoms with Crippen LogP contribution < -0.4 is 0 Å². The minimum absolute atomic E-state index is 0.0591. The van der Waals surface area contributed by atoms with E-state index in [1.165, 1.54) is 18.9 Å². The molecule has 0 saturated heterocycles. The number of allylic oxidation sites excluding steroid dienone is 2. The molecule has 1 aromatic heterocycles. The Kier molecular flexibility index (Phi) is 11.0. The third-order valence-corrected chi connectivity index (χ3v) is 5.96. The molecule has 0 spiro atoms. The van der Waals surface area contributed by atoms with Crippen LogP contribution in [0.4, 0.5) is 4.39 Å². The zero-order valence-electron chi connectivity index (χ0n) is 20.6. The first-order chi connectivity index (χ1) is 16.3. The Balaban J connectivity index is 0.000000391. The number of hydrogen-bond donors (Lipinski definition) is 1. The highest BCUT2D eigenvalue weighted by Crippen LogP contribution is 2.42. The van der Waals surface area contributed by atoms with Crippen molar-refractivity contribution < 1.29 is 23.8 Å². The van der Waals surface area contributed by atoms with Crippen LogP contribution in [0.2, 0.25) is 5.02 Å². The number of halogens is 2. The van der Waals surface area contributed by atoms with E-state index in [0.717, 1.165) is 16.8 Å². The van der Waals surface area contributed by atoms with Gasteiger partial charge in [0, 0.05) is 41.9 Å². The van der Waals surface area contributed by atoms with Gasteiger partial charge in [-0.25, -0.2) is 4.39 Å². The molecule has 0 fully saturated rings. The number of rotatable bonds is 4. The molecule has 1 aromatic carbocycles. The lowest BCUT2D eigenvalue weighted by atomic mass is 9.83. The molecule has 0 bridgehead atoms. The fourth-order valence-corrected chi connectivity index (χ4v) is 4.04. The molecule has 7 heteroatoms. The summed E-state index contributed by atoms with van der Waals surface area (Å²) >= 11 is 6.17. The van der Waals surface area contributed by atoms with Crippen molar-refractivity contribution in [2.24, 2.45) is 5.92 Å². The molecule has 1 N–H and O–H groups in total. The Hall–Kier alpha value is -2.41. The van der Waals surface area contributed by atoms with Crippen molar-refractivity contribution in [3.63, 3.8) is 0 Å². The molecule has 1 aliphatic carbocycles. The molecule has 3 atom stereocenters. The third-order valence-electron chi connectivity index (χ3n) is 5.75. The summed E-state index contributed by atoms with van der Waals surface area (Å²) in [5.74, 6) is -1.15. The van der Waals surface area contributed by atoms with Crippen LogP contribution in [0, 0.1) is 11.7 Å². The van der Waals surface area contributed by atoms with Gasteiger partial charge in [-0.05, 0) is 36.8 Å². The Labute approximate surface area is 206 Å². The number of unbranched alkanes of at least 4 members (excludes halogenated alkanes) is 1. The highest BCUT2D eigenvalue weighted by molar-refractivity contribution is 6.30. The lowest BCUT2D eigenvalue weighted by Gasteiger charge is -2.33. The van der Waals surface area contributed by atoms with E-state index in [9.17, 15) is 9.18 Å². The zero-order valence-corrected chi connectivity index (χ0v) is 21.3. The van der Waals surface area contributed by atoms with Gasteiger partial charge in [0.25, 0.3) is 0 Å². The van der Waals surface area contributed by atoms with Gasteiger partial charge in [0.1, 0.15) is 5.82 Å². The number of aromatic nitrogens is 1. The molecule has 1 aliphatic heterocycles. The number of methoxy groups -OCH3 is 1. The molecule has 0 radical (unpaired) electrons. The van der Waals surface area contributed by atoms with E-state index < -0.39 is 5.97 Å². The number of aliphatic carboxylic acids is 1. The molecule has 2 heterocycles. The Morgan fingerprint density at radius 3 is 2.56 bits per heavy atom. The highest BCUT2D eigenvalue weighted by atomic mass is 35.5. The first kappa shape index (κ1) is 27.8. The maximum absolute atomic E-state index is 14.8. The number of carbonyl (C=O) groups is 1. The monoisotopic (exact) mass is 491 g/mol. The molecule has 3 unspecified atom stereocenters. The second-order valence-electron chi connectivity index (χ2n) is 8.20. The van der Waals surface area contributed by atoms with Crippen molar-refractivity contribution in [2.75, 3.05) is 7.11 Å². The summed E-state index contributed by atoms with van der Waals surface area (Å²) in [6, 6.07) is 6.98. The summed E-state index contributed by atoms with van der Waals surface area (Å²) in [5, 5.41) is 8.08. The number of nitrogens with zero attached hydrogens (tertiary/aromatic N) is 1. The SMILES string of the molecule is CCC(=O)O.CCCC.COC1C(C)=CC=CC1C1OCc2cccn2-c2c(F)cc(Cl)cc21. The van der Waals surface area contributed by atoms with E-state index in [1.807, 2.05) is 42.0 Å². The van der Waals surface area contributed by atoms with Crippen molar-refractivity contribution in [3.05, 3.63) is 76.4 Å². The van der Waals surface area contributed by atoms with Crippen LogP contribution in [0.1, 0.15) is 64.3 Å². The van der Waals surface area contributed by atoms with E-state index in [-0.39, 0.29) is 30.4 Å². The second kappa shape index (κ2) is 13.5. The predicted octanol–water partition coefficient (Wildman–Crippen LogP) is 7.28. The van der Waals surface area contributed by atoms with Crippen molar-refractivity contribution in [2.45, 2.75) is 65.8 Å². The normalized spacial score (nSPS) is 20.4. The van der Waals surface area contributed by atoms with Crippen LogP contribution in [0.15, 0.2) is 54.3 Å². The largest absolute Gasteiger partial charge is 0.481 e. The smallest absolute Gasteiger partial charge is 0.303 e. The van der Waals surface area contributed by atoms with Gasteiger partial charge in [0.05, 0.1) is 24.5 Å². The Morgan fingerprint density at radius 1 is 1.29 bits per heavy atom. The van der Waals surface area contributed by atoms with Crippen LogP contribution in [-0.4, -0.2) is 28.9 Å². The lowest BCUT2D eigenvalue weighted by molar-refractivity contribution is -0.136. The second-order valence-corrected chi connectivity index (χ2v) is 8.64. The van der Waals surface area contributed by atoms with E-state index in [2.05, 4.69) is 19.9 Å². The van der Waals surface area contributed by atoms with Crippen molar-refractivity contribution in [1.29, 1.82) is 0 Å². The fourth-order valence-electron chi connectivity index (χ4n) is 3.83. The van der Waals surface area contributed by atoms with Gasteiger partial charge < -0.3 is 19.1 Å². The fraction of sp³-hybridized carbons (Fsp3) is 0.444. The average Bonchev–Trinajstić information content (AvgIpc) is 3.21. The third kappa shape index (κ3) is 6.81. The summed E-state index contributed by atoms with van der Waals surface area (Å²) < 4.78 is 28.6. The Bertz CT molecular complexity index is 1010. The molecule has 34 heavy (non-hydrogen) atoms. The van der Waals surface area contributed by atoms with Gasteiger partial charge in [0.2, 0.25) is 0 Å². The number of carboxylic acids is 1. The molecule has 0 saturated carbocycles. The topological polar surface area (TPSA) is 60.7 Å². The summed E-state index contributed by atoms with van der Waals surface area (Å²) in [6.07, 6.45) is 10.3. The molecule has 186 valence electrons. The van der Waals surface area contributed by atoms with Crippen LogP contribution in [0.3, 0.4) is 0 Å². The van der Waals surface area contributed by atoms with Gasteiger partial charge in [-0.15, -0.1) is 0 Å². The van der Waals surface area contributed by atoms with Crippen molar-refractivity contribution >= 4 is 17.6 Å². The van der Waals surface area contributed by atoms with Crippen molar-refractivity contribution in [1.82, 2.24) is 4.57 Å². The van der Waals surface area contributed by atoms with E-state index in [0.29, 0.717) is 17.3 Å².